The average molecular weight is 478 g/mol. The highest BCUT2D eigenvalue weighted by Crippen LogP contribution is 2.43. The zero-order chi connectivity index (χ0) is 24.5. The predicted octanol–water partition coefficient (Wildman–Crippen LogP) is 7.06. The molecular formula is C27H34F3NO3. The van der Waals surface area contributed by atoms with Crippen LogP contribution in [0.2, 0.25) is 0 Å². The van der Waals surface area contributed by atoms with Gasteiger partial charge in [0.25, 0.3) is 0 Å². The van der Waals surface area contributed by atoms with Gasteiger partial charge >= 0.3 is 12.1 Å². The topological polar surface area (TPSA) is 49.8 Å². The van der Waals surface area contributed by atoms with Crippen molar-refractivity contribution in [1.82, 2.24) is 4.90 Å². The summed E-state index contributed by atoms with van der Waals surface area (Å²) in [6, 6.07) is 8.37. The van der Waals surface area contributed by atoms with Crippen LogP contribution in [0.3, 0.4) is 0 Å². The summed E-state index contributed by atoms with van der Waals surface area (Å²) in [5.74, 6) is -0.162. The van der Waals surface area contributed by atoms with Crippen LogP contribution in [0.4, 0.5) is 13.2 Å². The summed E-state index contributed by atoms with van der Waals surface area (Å²) in [4.78, 5) is 13.4. The van der Waals surface area contributed by atoms with Crippen LogP contribution >= 0.6 is 0 Å². The molecule has 0 amide bonds. The van der Waals surface area contributed by atoms with E-state index in [1.54, 1.807) is 18.2 Å². The molecule has 1 unspecified atom stereocenters. The number of alkyl halides is 3. The molecule has 2 aromatic rings. The lowest BCUT2D eigenvalue weighted by molar-refractivity contribution is -0.139. The standard InChI is InChI=1S/C27H34F3NO3/c1-17-5-9-22(10-6-17)34-24-12-8-21-15-20(7-11-23(21)26(24)27(28,29)30)18(2)31-13-3-4-19(16-31)14-25(32)33/h7-8,11-12,15,17-19,22H,3-6,9-10,13-14,16H2,1-2H3,(H,32,33)/t17?,18?,19-,22?/m1/s1. The third-order valence-corrected chi connectivity index (χ3v) is 7.59. The highest BCUT2D eigenvalue weighted by molar-refractivity contribution is 5.89. The number of likely N-dealkylation sites (tertiary alicyclic amines) is 1. The molecular weight excluding hydrogens is 443 g/mol. The molecule has 186 valence electrons. The van der Waals surface area contributed by atoms with E-state index in [1.165, 1.54) is 6.07 Å². The maximum Gasteiger partial charge on any atom is 0.420 e. The number of aliphatic carboxylic acids is 1. The first-order valence-corrected chi connectivity index (χ1v) is 12.4. The molecule has 1 N–H and O–H groups in total. The Bertz CT molecular complexity index is 1010. The van der Waals surface area contributed by atoms with Crippen LogP contribution in [0.25, 0.3) is 10.8 Å². The number of benzene rings is 2. The molecule has 2 fully saturated rings. The zero-order valence-corrected chi connectivity index (χ0v) is 19.9. The summed E-state index contributed by atoms with van der Waals surface area (Å²) in [5.41, 5.74) is 0.244. The maximum absolute atomic E-state index is 14.2. The number of hydrogen-bond donors (Lipinski definition) is 1. The van der Waals surface area contributed by atoms with Crippen molar-refractivity contribution in [2.75, 3.05) is 13.1 Å². The first kappa shape index (κ1) is 24.8. The predicted molar refractivity (Wildman–Crippen MR) is 126 cm³/mol. The van der Waals surface area contributed by atoms with E-state index in [0.717, 1.165) is 50.6 Å². The van der Waals surface area contributed by atoms with E-state index in [2.05, 4.69) is 11.8 Å². The Hall–Kier alpha value is -2.28. The smallest absolute Gasteiger partial charge is 0.420 e. The van der Waals surface area contributed by atoms with E-state index in [0.29, 0.717) is 17.8 Å². The Morgan fingerprint density at radius 1 is 1.15 bits per heavy atom. The number of fused-ring (bicyclic) bond motifs is 1. The summed E-state index contributed by atoms with van der Waals surface area (Å²) in [7, 11) is 0. The second-order valence-corrected chi connectivity index (χ2v) is 10.2. The summed E-state index contributed by atoms with van der Waals surface area (Å²) in [6.45, 7) is 5.75. The first-order chi connectivity index (χ1) is 16.1. The molecule has 1 aliphatic heterocycles. The molecule has 7 heteroatoms. The minimum atomic E-state index is -4.51. The number of halogens is 3. The van der Waals surface area contributed by atoms with Gasteiger partial charge in [0.2, 0.25) is 0 Å². The Balaban J connectivity index is 1.59. The fourth-order valence-corrected chi connectivity index (χ4v) is 5.58. The minimum absolute atomic E-state index is 0.00418. The van der Waals surface area contributed by atoms with Crippen LogP contribution in [-0.2, 0) is 11.0 Å². The summed E-state index contributed by atoms with van der Waals surface area (Å²) >= 11 is 0. The lowest BCUT2D eigenvalue weighted by Gasteiger charge is -2.36. The SMILES string of the molecule is CC1CCC(Oc2ccc3cc(C(C)N4CCC[C@H](CC(=O)O)C4)ccc3c2C(F)(F)F)CC1. The molecule has 1 saturated heterocycles. The van der Waals surface area contributed by atoms with Crippen molar-refractivity contribution in [1.29, 1.82) is 0 Å². The number of nitrogens with zero attached hydrogens (tertiary/aromatic N) is 1. The van der Waals surface area contributed by atoms with Gasteiger partial charge in [-0.15, -0.1) is 0 Å². The molecule has 2 aliphatic rings. The summed E-state index contributed by atoms with van der Waals surface area (Å²) in [6.07, 6.45) is 0.804. The van der Waals surface area contributed by atoms with Crippen molar-refractivity contribution in [2.45, 2.75) is 77.1 Å². The van der Waals surface area contributed by atoms with Gasteiger partial charge in [-0.2, -0.15) is 13.2 Å². The van der Waals surface area contributed by atoms with Crippen LogP contribution in [0.15, 0.2) is 30.3 Å². The largest absolute Gasteiger partial charge is 0.490 e. The van der Waals surface area contributed by atoms with E-state index >= 15 is 0 Å². The van der Waals surface area contributed by atoms with Crippen LogP contribution in [0, 0.1) is 11.8 Å². The fraction of sp³-hybridized carbons (Fsp3) is 0.593. The van der Waals surface area contributed by atoms with Crippen LogP contribution in [0.1, 0.15) is 76.0 Å². The Morgan fingerprint density at radius 3 is 2.56 bits per heavy atom. The highest BCUT2D eigenvalue weighted by Gasteiger charge is 2.37. The molecule has 2 aromatic carbocycles. The van der Waals surface area contributed by atoms with Crippen molar-refractivity contribution in [3.8, 4) is 5.75 Å². The number of ether oxygens (including phenoxy) is 1. The Kier molecular flexibility index (Phi) is 7.41. The lowest BCUT2D eigenvalue weighted by atomic mass is 9.89. The maximum atomic E-state index is 14.2. The molecule has 34 heavy (non-hydrogen) atoms. The number of piperidine rings is 1. The zero-order valence-electron chi connectivity index (χ0n) is 19.9. The lowest BCUT2D eigenvalue weighted by Crippen LogP contribution is -2.37. The highest BCUT2D eigenvalue weighted by atomic mass is 19.4. The van der Waals surface area contributed by atoms with Crippen molar-refractivity contribution in [3.05, 3.63) is 41.5 Å². The van der Waals surface area contributed by atoms with Gasteiger partial charge < -0.3 is 9.84 Å². The van der Waals surface area contributed by atoms with Gasteiger partial charge in [0.15, 0.2) is 0 Å². The van der Waals surface area contributed by atoms with E-state index in [1.807, 2.05) is 13.0 Å². The Labute approximate surface area is 199 Å². The molecule has 4 nitrogen and oxygen atoms in total. The summed E-state index contributed by atoms with van der Waals surface area (Å²) in [5, 5.41) is 9.84. The second-order valence-electron chi connectivity index (χ2n) is 10.2. The molecule has 0 bridgehead atoms. The third kappa shape index (κ3) is 5.68. The molecule has 1 saturated carbocycles. The van der Waals surface area contributed by atoms with Crippen molar-refractivity contribution in [3.63, 3.8) is 0 Å². The molecule has 0 aromatic heterocycles. The molecule has 0 spiro atoms. The van der Waals surface area contributed by atoms with Gasteiger partial charge in [-0.3, -0.25) is 9.69 Å². The van der Waals surface area contributed by atoms with Crippen molar-refractivity contribution in [2.24, 2.45) is 11.8 Å². The van der Waals surface area contributed by atoms with Gasteiger partial charge in [-0.05, 0) is 92.3 Å². The van der Waals surface area contributed by atoms with Gasteiger partial charge in [-0.25, -0.2) is 0 Å². The van der Waals surface area contributed by atoms with E-state index < -0.39 is 17.7 Å². The van der Waals surface area contributed by atoms with E-state index in [4.69, 9.17) is 9.84 Å². The van der Waals surface area contributed by atoms with Gasteiger partial charge in [0.1, 0.15) is 11.3 Å². The fourth-order valence-electron chi connectivity index (χ4n) is 5.58. The number of carboxylic acids is 1. The van der Waals surface area contributed by atoms with Gasteiger partial charge in [-0.1, -0.05) is 25.1 Å². The van der Waals surface area contributed by atoms with Gasteiger partial charge in [0, 0.05) is 19.0 Å². The number of carbonyl (C=O) groups is 1. The van der Waals surface area contributed by atoms with Crippen LogP contribution < -0.4 is 4.74 Å². The number of rotatable bonds is 6. The van der Waals surface area contributed by atoms with Crippen molar-refractivity contribution < 1.29 is 27.8 Å². The average Bonchev–Trinajstić information content (AvgIpc) is 2.78. The van der Waals surface area contributed by atoms with E-state index in [9.17, 15) is 18.0 Å². The molecule has 1 heterocycles. The van der Waals surface area contributed by atoms with Crippen LogP contribution in [0.5, 0.6) is 5.75 Å². The molecule has 4 rings (SSSR count). The first-order valence-electron chi connectivity index (χ1n) is 12.4. The van der Waals surface area contributed by atoms with Crippen molar-refractivity contribution >= 4 is 16.7 Å². The molecule has 2 atom stereocenters. The van der Waals surface area contributed by atoms with Crippen LogP contribution in [-0.4, -0.2) is 35.2 Å². The number of carboxylic acid groups (broad SMARTS) is 1. The summed E-state index contributed by atoms with van der Waals surface area (Å²) < 4.78 is 48.4. The Morgan fingerprint density at radius 2 is 1.88 bits per heavy atom. The quantitative estimate of drug-likeness (QED) is 0.484. The normalized spacial score (nSPS) is 25.3. The second kappa shape index (κ2) is 10.1. The third-order valence-electron chi connectivity index (χ3n) is 7.59. The molecule has 0 radical (unpaired) electrons. The minimum Gasteiger partial charge on any atom is -0.490 e. The van der Waals surface area contributed by atoms with E-state index in [-0.39, 0.29) is 35.6 Å². The number of hydrogen-bond acceptors (Lipinski definition) is 3. The van der Waals surface area contributed by atoms with Gasteiger partial charge in [0.05, 0.1) is 6.10 Å². The molecule has 1 aliphatic carbocycles. The monoisotopic (exact) mass is 477 g/mol.